The largest absolute Gasteiger partial charge is 0.394 e. The second-order valence-electron chi connectivity index (χ2n) is 5.22. The van der Waals surface area contributed by atoms with Gasteiger partial charge in [-0.1, -0.05) is 25.2 Å². The summed E-state index contributed by atoms with van der Waals surface area (Å²) >= 11 is 1.08. The number of nitrogen functional groups attached to an aromatic ring is 1. The maximum Gasteiger partial charge on any atom is 0.265 e. The number of anilines is 2. The van der Waals surface area contributed by atoms with Gasteiger partial charge >= 0.3 is 0 Å². The third kappa shape index (κ3) is 4.53. The Morgan fingerprint density at radius 1 is 1.33 bits per heavy atom. The zero-order chi connectivity index (χ0) is 16.0. The highest BCUT2D eigenvalue weighted by Gasteiger charge is 2.31. The first-order valence-electron chi connectivity index (χ1n) is 6.52. The van der Waals surface area contributed by atoms with Crippen molar-refractivity contribution in [2.45, 2.75) is 19.4 Å². The number of aromatic nitrogens is 1. The molecule has 0 aromatic carbocycles. The zero-order valence-corrected chi connectivity index (χ0v) is 12.9. The molecule has 9 heteroatoms. The van der Waals surface area contributed by atoms with Crippen LogP contribution < -0.4 is 16.4 Å². The normalized spacial score (nSPS) is 11.7. The molecule has 0 bridgehead atoms. The van der Waals surface area contributed by atoms with Gasteiger partial charge in [-0.3, -0.25) is 4.79 Å². The number of aliphatic hydroxyl groups is 3. The van der Waals surface area contributed by atoms with E-state index in [2.05, 4.69) is 15.6 Å². The smallest absolute Gasteiger partial charge is 0.265 e. The average molecular weight is 318 g/mol. The molecule has 8 nitrogen and oxygen atoms in total. The molecule has 120 valence electrons. The first kappa shape index (κ1) is 17.6. The van der Waals surface area contributed by atoms with Gasteiger partial charge in [-0.25, -0.2) is 4.98 Å². The summed E-state index contributed by atoms with van der Waals surface area (Å²) in [5.41, 5.74) is 4.22. The van der Waals surface area contributed by atoms with Gasteiger partial charge in [-0.15, -0.1) is 0 Å². The summed E-state index contributed by atoms with van der Waals surface area (Å²) in [7, 11) is 0. The fourth-order valence-electron chi connectivity index (χ4n) is 1.43. The Balaban J connectivity index is 2.83. The van der Waals surface area contributed by atoms with Crippen LogP contribution in [0.15, 0.2) is 0 Å². The number of nitrogens with zero attached hydrogens (tertiary/aromatic N) is 1. The second kappa shape index (κ2) is 7.55. The number of thiazole rings is 1. The number of carbonyl (C=O) groups excluding carboxylic acids is 1. The number of nitrogens with two attached hydrogens (primary N) is 1. The van der Waals surface area contributed by atoms with Crippen LogP contribution in [0.5, 0.6) is 0 Å². The molecule has 1 aromatic rings. The lowest BCUT2D eigenvalue weighted by Crippen LogP contribution is -2.57. The zero-order valence-electron chi connectivity index (χ0n) is 12.1. The highest BCUT2D eigenvalue weighted by Crippen LogP contribution is 2.25. The van der Waals surface area contributed by atoms with Crippen molar-refractivity contribution >= 4 is 28.2 Å². The van der Waals surface area contributed by atoms with Crippen LogP contribution in [0, 0.1) is 5.92 Å². The lowest BCUT2D eigenvalue weighted by Gasteiger charge is -2.28. The van der Waals surface area contributed by atoms with Crippen LogP contribution in [0.2, 0.25) is 0 Å². The molecule has 0 spiro atoms. The average Bonchev–Trinajstić information content (AvgIpc) is 2.84. The molecule has 1 rings (SSSR count). The monoisotopic (exact) mass is 318 g/mol. The molecular formula is C12H22N4O4S. The molecule has 0 aliphatic heterocycles. The van der Waals surface area contributed by atoms with Crippen molar-refractivity contribution in [2.75, 3.05) is 37.4 Å². The van der Waals surface area contributed by atoms with Gasteiger partial charge in [0.25, 0.3) is 5.91 Å². The summed E-state index contributed by atoms with van der Waals surface area (Å²) in [6.07, 6.45) is 0. The van der Waals surface area contributed by atoms with Gasteiger partial charge in [0.1, 0.15) is 16.2 Å². The number of hydrogen-bond donors (Lipinski definition) is 6. The predicted octanol–water partition coefficient (Wildman–Crippen LogP) is -0.761. The number of hydrogen-bond acceptors (Lipinski definition) is 8. The molecule has 21 heavy (non-hydrogen) atoms. The van der Waals surface area contributed by atoms with E-state index < -0.39 is 31.3 Å². The van der Waals surface area contributed by atoms with E-state index in [-0.39, 0.29) is 10.7 Å². The molecule has 0 fully saturated rings. The standard InChI is InChI=1S/C12H22N4O4S/c1-7(2)3-14-11-15-9(13)8(21-11)10(20)16-12(4-17,5-18)6-19/h7,17-19H,3-6,13H2,1-2H3,(H,14,15)(H,16,20). The highest BCUT2D eigenvalue weighted by molar-refractivity contribution is 7.18. The SMILES string of the molecule is CC(C)CNc1nc(N)c(C(=O)NC(CO)(CO)CO)s1. The lowest BCUT2D eigenvalue weighted by molar-refractivity contribution is 0.0377. The molecule has 7 N–H and O–H groups in total. The van der Waals surface area contributed by atoms with Crippen LogP contribution in [0.25, 0.3) is 0 Å². The molecule has 0 saturated carbocycles. The summed E-state index contributed by atoms with van der Waals surface area (Å²) in [5.74, 6) is -0.121. The molecule has 0 aliphatic rings. The van der Waals surface area contributed by atoms with E-state index in [0.717, 1.165) is 11.3 Å². The minimum absolute atomic E-state index is 0.0616. The van der Waals surface area contributed by atoms with Gasteiger partial charge < -0.3 is 31.7 Å². The van der Waals surface area contributed by atoms with Gasteiger partial charge in [-0.2, -0.15) is 0 Å². The fraction of sp³-hybridized carbons (Fsp3) is 0.667. The molecule has 0 atom stereocenters. The lowest BCUT2D eigenvalue weighted by atomic mass is 10.0. The molecule has 0 saturated heterocycles. The quantitative estimate of drug-likeness (QED) is 0.370. The molecule has 1 amide bonds. The molecular weight excluding hydrogens is 296 g/mol. The van der Waals surface area contributed by atoms with Gasteiger partial charge in [0, 0.05) is 6.54 Å². The molecule has 0 aliphatic carbocycles. The Morgan fingerprint density at radius 3 is 2.38 bits per heavy atom. The third-order valence-corrected chi connectivity index (χ3v) is 3.84. The summed E-state index contributed by atoms with van der Waals surface area (Å²) in [4.78, 5) is 16.3. The van der Waals surface area contributed by atoms with Crippen LogP contribution in [-0.4, -0.2) is 58.1 Å². The summed E-state index contributed by atoms with van der Waals surface area (Å²) < 4.78 is 0. The third-order valence-electron chi connectivity index (χ3n) is 2.81. The van der Waals surface area contributed by atoms with Crippen LogP contribution >= 0.6 is 11.3 Å². The summed E-state index contributed by atoms with van der Waals surface area (Å²) in [6, 6.07) is 0. The number of nitrogens with one attached hydrogen (secondary N) is 2. The van der Waals surface area contributed by atoms with Gasteiger partial charge in [0.2, 0.25) is 0 Å². The molecule has 0 radical (unpaired) electrons. The molecule has 1 heterocycles. The van der Waals surface area contributed by atoms with Crippen LogP contribution in [-0.2, 0) is 0 Å². The Kier molecular flexibility index (Phi) is 6.34. The number of rotatable bonds is 8. The van der Waals surface area contributed by atoms with E-state index in [1.807, 2.05) is 13.8 Å². The number of amides is 1. The van der Waals surface area contributed by atoms with E-state index in [4.69, 9.17) is 5.73 Å². The van der Waals surface area contributed by atoms with E-state index in [0.29, 0.717) is 17.6 Å². The molecule has 1 aromatic heterocycles. The van der Waals surface area contributed by atoms with Crippen LogP contribution in [0.1, 0.15) is 23.5 Å². The van der Waals surface area contributed by atoms with Crippen molar-refractivity contribution in [3.63, 3.8) is 0 Å². The van der Waals surface area contributed by atoms with Gasteiger partial charge in [0.15, 0.2) is 5.13 Å². The minimum Gasteiger partial charge on any atom is -0.394 e. The topological polar surface area (TPSA) is 141 Å². The van der Waals surface area contributed by atoms with Crippen molar-refractivity contribution < 1.29 is 20.1 Å². The Bertz CT molecular complexity index is 466. The Morgan fingerprint density at radius 2 is 1.90 bits per heavy atom. The highest BCUT2D eigenvalue weighted by atomic mass is 32.1. The summed E-state index contributed by atoms with van der Waals surface area (Å²) in [6.45, 7) is 2.99. The maximum atomic E-state index is 12.1. The van der Waals surface area contributed by atoms with Crippen LogP contribution in [0.3, 0.4) is 0 Å². The maximum absolute atomic E-state index is 12.1. The molecule has 0 unspecified atom stereocenters. The van der Waals surface area contributed by atoms with E-state index in [9.17, 15) is 20.1 Å². The first-order valence-corrected chi connectivity index (χ1v) is 7.34. The van der Waals surface area contributed by atoms with E-state index in [1.165, 1.54) is 0 Å². The van der Waals surface area contributed by atoms with Crippen LogP contribution in [0.4, 0.5) is 10.9 Å². The Hall–Kier alpha value is -1.42. The van der Waals surface area contributed by atoms with Gasteiger partial charge in [-0.05, 0) is 5.92 Å². The van der Waals surface area contributed by atoms with Gasteiger partial charge in [0.05, 0.1) is 19.8 Å². The van der Waals surface area contributed by atoms with E-state index >= 15 is 0 Å². The Labute approximate surface area is 127 Å². The van der Waals surface area contributed by atoms with E-state index in [1.54, 1.807) is 0 Å². The number of carbonyl (C=O) groups is 1. The van der Waals surface area contributed by atoms with Crippen molar-refractivity contribution in [3.05, 3.63) is 4.88 Å². The van der Waals surface area contributed by atoms with Crippen molar-refractivity contribution in [3.8, 4) is 0 Å². The summed E-state index contributed by atoms with van der Waals surface area (Å²) in [5, 5.41) is 33.6. The first-order chi connectivity index (χ1) is 9.87. The van der Waals surface area contributed by atoms with Crippen molar-refractivity contribution in [1.29, 1.82) is 0 Å². The van der Waals surface area contributed by atoms with Crippen molar-refractivity contribution in [2.24, 2.45) is 5.92 Å². The fourth-order valence-corrected chi connectivity index (χ4v) is 2.21. The van der Waals surface area contributed by atoms with Crippen molar-refractivity contribution in [1.82, 2.24) is 10.3 Å². The number of aliphatic hydroxyl groups excluding tert-OH is 3. The predicted molar refractivity (Wildman–Crippen MR) is 81.3 cm³/mol. The minimum atomic E-state index is -1.49. The second-order valence-corrected chi connectivity index (χ2v) is 6.22.